The van der Waals surface area contributed by atoms with Gasteiger partial charge in [-0.2, -0.15) is 0 Å². The number of fused-ring (bicyclic) bond motifs is 4. The van der Waals surface area contributed by atoms with Crippen LogP contribution in [0.15, 0.2) is 79.0 Å². The summed E-state index contributed by atoms with van der Waals surface area (Å²) in [5.41, 5.74) is 10.5. The van der Waals surface area contributed by atoms with Crippen molar-refractivity contribution in [3.05, 3.63) is 101 Å². The van der Waals surface area contributed by atoms with Gasteiger partial charge in [0.2, 0.25) is 11.8 Å². The molecule has 0 aromatic heterocycles. The molecule has 2 fully saturated rings. The topological polar surface area (TPSA) is 233 Å². The van der Waals surface area contributed by atoms with Gasteiger partial charge in [-0.3, -0.25) is 19.2 Å². The number of benzene rings is 4. The standard InChI is InChI=1S/C56H67N7O12/c1-32(2)49(57)51(65)59-33(3)50(64)60-37-14-10-34(11-15-37)30-75-55(69)63-43-26-48(46(72-6)24-41(43)53(67)62-31-56(18-19-56)27-44(62)54(63)68)74-21-9-7-8-20-73-47-25-42-40(23-45(47)71-5)52(66)61-29-36(22-38(61)28-58-42)35-12-16-39(70-4)17-13-35/h10-17,23-26,29,32-33,38,44,49,54,58,68H,7-9,18-22,27-28,30-31,57H2,1-6H3,(H,59,65)(H,60,64)/t33-,38-,44-,49-,54-/m0/s1. The van der Waals surface area contributed by atoms with E-state index in [-0.39, 0.29) is 59.4 Å². The zero-order valence-corrected chi connectivity index (χ0v) is 43.3. The molecule has 5 atom stereocenters. The van der Waals surface area contributed by atoms with E-state index in [1.807, 2.05) is 50.4 Å². The summed E-state index contributed by atoms with van der Waals surface area (Å²) in [5, 5.41) is 20.9. The van der Waals surface area contributed by atoms with Gasteiger partial charge in [-0.1, -0.05) is 38.1 Å². The van der Waals surface area contributed by atoms with Crippen LogP contribution in [0.25, 0.3) is 5.57 Å². The molecule has 0 bridgehead atoms. The number of rotatable bonds is 19. The predicted octanol–water partition coefficient (Wildman–Crippen LogP) is 6.92. The maximum Gasteiger partial charge on any atom is 0.416 e. The fourth-order valence-electron chi connectivity index (χ4n) is 10.2. The van der Waals surface area contributed by atoms with Crippen LogP contribution < -0.4 is 50.3 Å². The van der Waals surface area contributed by atoms with Crippen molar-refractivity contribution in [2.75, 3.05) is 63.2 Å². The first-order chi connectivity index (χ1) is 36.1. The number of aliphatic hydroxyl groups excluding tert-OH is 1. The molecule has 6 N–H and O–H groups in total. The van der Waals surface area contributed by atoms with Gasteiger partial charge in [0.1, 0.15) is 18.4 Å². The minimum absolute atomic E-state index is 0.0529. The van der Waals surface area contributed by atoms with Crippen LogP contribution in [-0.4, -0.2) is 123 Å². The van der Waals surface area contributed by atoms with E-state index in [0.29, 0.717) is 85.1 Å². The van der Waals surface area contributed by atoms with Crippen molar-refractivity contribution in [3.8, 4) is 28.7 Å². The van der Waals surface area contributed by atoms with Gasteiger partial charge in [0.15, 0.2) is 29.2 Å². The molecule has 9 rings (SSSR count). The number of hydrogen-bond acceptors (Lipinski definition) is 14. The van der Waals surface area contributed by atoms with Gasteiger partial charge < -0.3 is 65.0 Å². The number of nitrogens with one attached hydrogen (secondary N) is 3. The molecule has 75 heavy (non-hydrogen) atoms. The molecule has 0 unspecified atom stereocenters. The molecule has 19 nitrogen and oxygen atoms in total. The Morgan fingerprint density at radius 3 is 2.12 bits per heavy atom. The van der Waals surface area contributed by atoms with Gasteiger partial charge in [-0.25, -0.2) is 9.69 Å². The molecule has 398 valence electrons. The third kappa shape index (κ3) is 11.1. The lowest BCUT2D eigenvalue weighted by Crippen LogP contribution is -2.50. The fraction of sp³-hybridized carbons (Fsp3) is 0.446. The SMILES string of the molecule is COc1ccc(C2=CN3C(=O)c4cc(OC)c(OCCCCCOc5cc6c(cc5OC)C(=O)N5CC7(CC7)C[C@H]5[C@H](O)N6C(=O)OCc5ccc(NC(=O)[C@H](C)NC(=O)[C@@H](N)C(C)C)cc5)cc4NC[C@@H]3C2)cc1. The van der Waals surface area contributed by atoms with E-state index in [2.05, 4.69) is 16.0 Å². The van der Waals surface area contributed by atoms with Crippen molar-refractivity contribution in [1.29, 1.82) is 0 Å². The van der Waals surface area contributed by atoms with E-state index in [4.69, 9.17) is 34.2 Å². The van der Waals surface area contributed by atoms with Crippen LogP contribution in [0.3, 0.4) is 0 Å². The van der Waals surface area contributed by atoms with E-state index in [9.17, 15) is 29.1 Å². The molecule has 5 aliphatic rings. The molecular formula is C56H67N7O12. The highest BCUT2D eigenvalue weighted by molar-refractivity contribution is 6.06. The van der Waals surface area contributed by atoms with Crippen molar-refractivity contribution in [3.63, 3.8) is 0 Å². The Kier molecular flexibility index (Phi) is 15.5. The number of carbonyl (C=O) groups is 5. The van der Waals surface area contributed by atoms with E-state index < -0.39 is 42.3 Å². The number of amides is 5. The summed E-state index contributed by atoms with van der Waals surface area (Å²) in [6.07, 6.45) is 4.81. The number of ether oxygens (including phenoxy) is 6. The number of anilines is 3. The first-order valence-electron chi connectivity index (χ1n) is 25.6. The minimum atomic E-state index is -1.41. The number of nitrogens with zero attached hydrogens (tertiary/aromatic N) is 3. The van der Waals surface area contributed by atoms with Crippen LogP contribution in [0.1, 0.15) is 97.6 Å². The molecule has 4 heterocycles. The summed E-state index contributed by atoms with van der Waals surface area (Å²) >= 11 is 0. The van der Waals surface area contributed by atoms with Crippen LogP contribution >= 0.6 is 0 Å². The number of carbonyl (C=O) groups excluding carboxylic acids is 5. The van der Waals surface area contributed by atoms with E-state index in [1.165, 1.54) is 7.11 Å². The van der Waals surface area contributed by atoms with Gasteiger partial charge in [-0.15, -0.1) is 0 Å². The van der Waals surface area contributed by atoms with E-state index in [1.54, 1.807) is 73.4 Å². The molecule has 19 heteroatoms. The second kappa shape index (κ2) is 22.1. The first-order valence-corrected chi connectivity index (χ1v) is 25.6. The lowest BCUT2D eigenvalue weighted by Gasteiger charge is -2.31. The van der Waals surface area contributed by atoms with Crippen molar-refractivity contribution < 1.29 is 57.5 Å². The van der Waals surface area contributed by atoms with Gasteiger partial charge in [0.05, 0.1) is 75.2 Å². The second-order valence-corrected chi connectivity index (χ2v) is 20.4. The highest BCUT2D eigenvalue weighted by atomic mass is 16.6. The molecule has 1 aliphatic carbocycles. The van der Waals surface area contributed by atoms with Crippen LogP contribution in [0.4, 0.5) is 21.9 Å². The summed E-state index contributed by atoms with van der Waals surface area (Å²) in [7, 11) is 4.66. The molecule has 4 aliphatic heterocycles. The smallest absolute Gasteiger partial charge is 0.416 e. The Balaban J connectivity index is 0.813. The van der Waals surface area contributed by atoms with Gasteiger partial charge >= 0.3 is 6.09 Å². The number of hydrogen-bond donors (Lipinski definition) is 5. The average molecular weight is 1030 g/mol. The van der Waals surface area contributed by atoms with Gasteiger partial charge in [0, 0.05) is 37.1 Å². The normalized spacial score (nSPS) is 19.8. The van der Waals surface area contributed by atoms with Crippen LogP contribution in [0.2, 0.25) is 0 Å². The highest BCUT2D eigenvalue weighted by Gasteiger charge is 2.58. The third-order valence-electron chi connectivity index (χ3n) is 14.9. The summed E-state index contributed by atoms with van der Waals surface area (Å²) in [6.45, 7) is 6.71. The Hall–Kier alpha value is -7.51. The Bertz CT molecular complexity index is 2830. The van der Waals surface area contributed by atoms with E-state index in [0.717, 1.165) is 41.0 Å². The summed E-state index contributed by atoms with van der Waals surface area (Å²) in [4.78, 5) is 72.3. The Morgan fingerprint density at radius 1 is 0.813 bits per heavy atom. The largest absolute Gasteiger partial charge is 0.497 e. The molecule has 5 amide bonds. The number of aliphatic hydroxyl groups is 1. The molecule has 4 aromatic rings. The van der Waals surface area contributed by atoms with Crippen molar-refractivity contribution in [2.24, 2.45) is 17.1 Å². The predicted molar refractivity (Wildman–Crippen MR) is 280 cm³/mol. The Morgan fingerprint density at radius 2 is 1.48 bits per heavy atom. The van der Waals surface area contributed by atoms with Crippen molar-refractivity contribution >= 4 is 52.4 Å². The molecule has 1 saturated carbocycles. The van der Waals surface area contributed by atoms with Gasteiger partial charge in [-0.05, 0) is 116 Å². The second-order valence-electron chi connectivity index (χ2n) is 20.4. The summed E-state index contributed by atoms with van der Waals surface area (Å²) in [6, 6.07) is 18.9. The quantitative estimate of drug-likeness (QED) is 0.0601. The molecular weight excluding hydrogens is 963 g/mol. The zero-order chi connectivity index (χ0) is 53.1. The zero-order valence-electron chi connectivity index (χ0n) is 43.3. The number of unbranched alkanes of at least 4 members (excludes halogenated alkanes) is 2. The molecule has 4 aromatic carbocycles. The molecule has 1 spiro atoms. The average Bonchev–Trinajstić information content (AvgIpc) is 3.95. The maximum absolute atomic E-state index is 14.3. The van der Waals surface area contributed by atoms with Crippen molar-refractivity contribution in [2.45, 2.75) is 103 Å². The minimum Gasteiger partial charge on any atom is -0.497 e. The molecule has 1 saturated heterocycles. The molecule has 0 radical (unpaired) electrons. The summed E-state index contributed by atoms with van der Waals surface area (Å²) in [5.74, 6) is 0.943. The van der Waals surface area contributed by atoms with Crippen LogP contribution in [0.5, 0.6) is 28.7 Å². The Labute approximate surface area is 436 Å². The van der Waals surface area contributed by atoms with Crippen molar-refractivity contribution in [1.82, 2.24) is 15.1 Å². The fourth-order valence-corrected chi connectivity index (χ4v) is 10.2. The lowest BCUT2D eigenvalue weighted by atomic mass is 10.0. The maximum atomic E-state index is 14.3. The van der Waals surface area contributed by atoms with Gasteiger partial charge in [0.25, 0.3) is 11.8 Å². The number of methoxy groups -OCH3 is 3. The van der Waals surface area contributed by atoms with E-state index >= 15 is 0 Å². The lowest BCUT2D eigenvalue weighted by molar-refractivity contribution is -0.127. The number of nitrogens with two attached hydrogens (primary N) is 1. The monoisotopic (exact) mass is 1030 g/mol. The third-order valence-corrected chi connectivity index (χ3v) is 14.9. The van der Waals surface area contributed by atoms with Crippen LogP contribution in [-0.2, 0) is 20.9 Å². The first kappa shape index (κ1) is 52.4. The van der Waals surface area contributed by atoms with Crippen LogP contribution in [0, 0.1) is 11.3 Å². The highest BCUT2D eigenvalue weighted by Crippen LogP contribution is 2.57. The summed E-state index contributed by atoms with van der Waals surface area (Å²) < 4.78 is 35.1.